The highest BCUT2D eigenvalue weighted by Gasteiger charge is 2.26. The first-order valence-electron chi connectivity index (χ1n) is 6.83. The van der Waals surface area contributed by atoms with Crippen molar-refractivity contribution in [3.05, 3.63) is 47.8 Å². The molecular formula is C15H18N4O. The quantitative estimate of drug-likeness (QED) is 0.855. The SMILES string of the molecule is Cc1cc(C2CNCCN2C=O)n(-c2ccccc2)n1. The van der Waals surface area contributed by atoms with Crippen molar-refractivity contribution in [2.75, 3.05) is 19.6 Å². The number of carbonyl (C=O) groups is 1. The molecule has 0 aliphatic carbocycles. The third-order valence-electron chi connectivity index (χ3n) is 3.62. The van der Waals surface area contributed by atoms with E-state index in [-0.39, 0.29) is 6.04 Å². The molecule has 104 valence electrons. The van der Waals surface area contributed by atoms with Gasteiger partial charge in [-0.3, -0.25) is 4.79 Å². The lowest BCUT2D eigenvalue weighted by Gasteiger charge is -2.33. The topological polar surface area (TPSA) is 50.2 Å². The van der Waals surface area contributed by atoms with Gasteiger partial charge >= 0.3 is 0 Å². The zero-order chi connectivity index (χ0) is 13.9. The van der Waals surface area contributed by atoms with Crippen LogP contribution < -0.4 is 5.32 Å². The second-order valence-corrected chi connectivity index (χ2v) is 5.02. The smallest absolute Gasteiger partial charge is 0.210 e. The van der Waals surface area contributed by atoms with E-state index in [0.29, 0.717) is 0 Å². The maximum Gasteiger partial charge on any atom is 0.210 e. The van der Waals surface area contributed by atoms with Crippen molar-refractivity contribution < 1.29 is 4.79 Å². The Balaban J connectivity index is 2.03. The van der Waals surface area contributed by atoms with Gasteiger partial charge in [-0.2, -0.15) is 5.10 Å². The first kappa shape index (κ1) is 12.9. The van der Waals surface area contributed by atoms with Gasteiger partial charge in [-0.25, -0.2) is 4.68 Å². The molecule has 0 radical (unpaired) electrons. The molecule has 1 aromatic carbocycles. The summed E-state index contributed by atoms with van der Waals surface area (Å²) in [4.78, 5) is 13.1. The van der Waals surface area contributed by atoms with Crippen LogP contribution in [0.1, 0.15) is 17.4 Å². The van der Waals surface area contributed by atoms with Gasteiger partial charge < -0.3 is 10.2 Å². The van der Waals surface area contributed by atoms with Gasteiger partial charge in [0, 0.05) is 19.6 Å². The first-order chi connectivity index (χ1) is 9.79. The van der Waals surface area contributed by atoms with Gasteiger partial charge in [-0.15, -0.1) is 0 Å². The molecule has 1 atom stereocenters. The molecular weight excluding hydrogens is 252 g/mol. The molecule has 1 amide bonds. The molecule has 5 heteroatoms. The first-order valence-corrected chi connectivity index (χ1v) is 6.83. The number of aromatic nitrogens is 2. The number of para-hydroxylation sites is 1. The van der Waals surface area contributed by atoms with E-state index in [1.807, 2.05) is 46.8 Å². The molecule has 2 heterocycles. The number of hydrogen-bond acceptors (Lipinski definition) is 3. The molecule has 1 unspecified atom stereocenters. The molecule has 2 aromatic rings. The highest BCUT2D eigenvalue weighted by atomic mass is 16.1. The van der Waals surface area contributed by atoms with Crippen LogP contribution in [0.25, 0.3) is 5.69 Å². The molecule has 1 aliphatic heterocycles. The van der Waals surface area contributed by atoms with Crippen LogP contribution in [0.5, 0.6) is 0 Å². The molecule has 0 spiro atoms. The predicted molar refractivity (Wildman–Crippen MR) is 76.7 cm³/mol. The number of piperazine rings is 1. The molecule has 1 aliphatic rings. The van der Waals surface area contributed by atoms with E-state index in [1.54, 1.807) is 0 Å². The van der Waals surface area contributed by atoms with Crippen LogP contribution in [-0.4, -0.2) is 40.7 Å². The number of carbonyl (C=O) groups excluding carboxylic acids is 1. The van der Waals surface area contributed by atoms with Crippen molar-refractivity contribution in [2.24, 2.45) is 0 Å². The lowest BCUT2D eigenvalue weighted by molar-refractivity contribution is -0.121. The van der Waals surface area contributed by atoms with E-state index < -0.39 is 0 Å². The van der Waals surface area contributed by atoms with Crippen molar-refractivity contribution >= 4 is 6.41 Å². The molecule has 20 heavy (non-hydrogen) atoms. The van der Waals surface area contributed by atoms with Crippen LogP contribution in [0.4, 0.5) is 0 Å². The molecule has 0 bridgehead atoms. The lowest BCUT2D eigenvalue weighted by atomic mass is 10.1. The minimum atomic E-state index is 0.0302. The fourth-order valence-electron chi connectivity index (χ4n) is 2.65. The minimum Gasteiger partial charge on any atom is -0.334 e. The van der Waals surface area contributed by atoms with Gasteiger partial charge in [0.05, 0.1) is 23.1 Å². The maximum atomic E-state index is 11.3. The number of rotatable bonds is 3. The Morgan fingerprint density at radius 1 is 1.35 bits per heavy atom. The van der Waals surface area contributed by atoms with Gasteiger partial charge in [0.1, 0.15) is 0 Å². The molecule has 1 fully saturated rings. The fourth-order valence-corrected chi connectivity index (χ4v) is 2.65. The minimum absolute atomic E-state index is 0.0302. The second kappa shape index (κ2) is 5.46. The Labute approximate surface area is 118 Å². The summed E-state index contributed by atoms with van der Waals surface area (Å²) in [7, 11) is 0. The maximum absolute atomic E-state index is 11.3. The second-order valence-electron chi connectivity index (χ2n) is 5.02. The standard InChI is InChI=1S/C15H18N4O/c1-12-9-14(15-10-16-7-8-18(15)11-20)19(17-12)13-5-3-2-4-6-13/h2-6,9,11,15-16H,7-8,10H2,1H3. The summed E-state index contributed by atoms with van der Waals surface area (Å²) < 4.78 is 1.93. The third-order valence-corrected chi connectivity index (χ3v) is 3.62. The number of aryl methyl sites for hydroxylation is 1. The van der Waals surface area contributed by atoms with Gasteiger partial charge in [-0.05, 0) is 25.1 Å². The van der Waals surface area contributed by atoms with Crippen LogP contribution >= 0.6 is 0 Å². The number of benzene rings is 1. The van der Waals surface area contributed by atoms with E-state index in [9.17, 15) is 4.79 Å². The summed E-state index contributed by atoms with van der Waals surface area (Å²) in [6.07, 6.45) is 0.934. The van der Waals surface area contributed by atoms with E-state index in [4.69, 9.17) is 0 Å². The van der Waals surface area contributed by atoms with Crippen molar-refractivity contribution in [3.63, 3.8) is 0 Å². The van der Waals surface area contributed by atoms with Crippen molar-refractivity contribution in [1.29, 1.82) is 0 Å². The molecule has 3 rings (SSSR count). The average Bonchev–Trinajstić information content (AvgIpc) is 2.90. The molecule has 1 saturated heterocycles. The Hall–Kier alpha value is -2.14. The molecule has 5 nitrogen and oxygen atoms in total. The van der Waals surface area contributed by atoms with Crippen LogP contribution in [0.2, 0.25) is 0 Å². The van der Waals surface area contributed by atoms with Gasteiger partial charge in [0.15, 0.2) is 0 Å². The normalized spacial score (nSPS) is 19.1. The van der Waals surface area contributed by atoms with Crippen molar-refractivity contribution in [2.45, 2.75) is 13.0 Å². The van der Waals surface area contributed by atoms with E-state index >= 15 is 0 Å². The highest BCUT2D eigenvalue weighted by molar-refractivity contribution is 5.49. The number of amides is 1. The van der Waals surface area contributed by atoms with Crippen LogP contribution in [-0.2, 0) is 4.79 Å². The Bertz CT molecular complexity index is 593. The average molecular weight is 270 g/mol. The predicted octanol–water partition coefficient (Wildman–Crippen LogP) is 1.28. The summed E-state index contributed by atoms with van der Waals surface area (Å²) in [6.45, 7) is 4.31. The largest absolute Gasteiger partial charge is 0.334 e. The number of hydrogen-bond donors (Lipinski definition) is 1. The zero-order valence-corrected chi connectivity index (χ0v) is 11.5. The van der Waals surface area contributed by atoms with Crippen LogP contribution in [0.3, 0.4) is 0 Å². The van der Waals surface area contributed by atoms with Crippen molar-refractivity contribution in [3.8, 4) is 5.69 Å². The van der Waals surface area contributed by atoms with Crippen molar-refractivity contribution in [1.82, 2.24) is 20.0 Å². The van der Waals surface area contributed by atoms with E-state index in [0.717, 1.165) is 43.1 Å². The number of nitrogens with zero attached hydrogens (tertiary/aromatic N) is 3. The molecule has 0 saturated carbocycles. The third kappa shape index (κ3) is 2.32. The van der Waals surface area contributed by atoms with Crippen LogP contribution in [0.15, 0.2) is 36.4 Å². The Morgan fingerprint density at radius 3 is 2.90 bits per heavy atom. The highest BCUT2D eigenvalue weighted by Crippen LogP contribution is 2.24. The fraction of sp³-hybridized carbons (Fsp3) is 0.333. The monoisotopic (exact) mass is 270 g/mol. The van der Waals surface area contributed by atoms with Crippen LogP contribution in [0, 0.1) is 6.92 Å². The van der Waals surface area contributed by atoms with Gasteiger partial charge in [0.2, 0.25) is 6.41 Å². The summed E-state index contributed by atoms with van der Waals surface area (Å²) in [6, 6.07) is 12.1. The van der Waals surface area contributed by atoms with E-state index in [2.05, 4.69) is 16.5 Å². The van der Waals surface area contributed by atoms with Gasteiger partial charge in [-0.1, -0.05) is 18.2 Å². The lowest BCUT2D eigenvalue weighted by Crippen LogP contribution is -2.45. The summed E-state index contributed by atoms with van der Waals surface area (Å²) >= 11 is 0. The Kier molecular flexibility index (Phi) is 3.52. The summed E-state index contributed by atoms with van der Waals surface area (Å²) in [5, 5.41) is 7.92. The summed E-state index contributed by atoms with van der Waals surface area (Å²) in [5.74, 6) is 0. The zero-order valence-electron chi connectivity index (χ0n) is 11.5. The number of nitrogens with one attached hydrogen (secondary N) is 1. The van der Waals surface area contributed by atoms with E-state index in [1.165, 1.54) is 0 Å². The van der Waals surface area contributed by atoms with Gasteiger partial charge in [0.25, 0.3) is 0 Å². The molecule has 1 aromatic heterocycles. The summed E-state index contributed by atoms with van der Waals surface area (Å²) in [5.41, 5.74) is 3.03. The molecule has 1 N–H and O–H groups in total. The Morgan fingerprint density at radius 2 is 2.15 bits per heavy atom.